The molecule has 1 aliphatic carbocycles. The lowest BCUT2D eigenvalue weighted by Gasteiger charge is -2.28. The normalized spacial score (nSPS) is 14.3. The molecule has 0 fully saturated rings. The Balaban J connectivity index is 1.03. The van der Waals surface area contributed by atoms with Crippen molar-refractivity contribution in [2.45, 2.75) is 30.1 Å². The third-order valence-electron chi connectivity index (χ3n) is 13.1. The van der Waals surface area contributed by atoms with Crippen LogP contribution in [-0.4, -0.2) is 4.57 Å². The lowest BCUT2D eigenvalue weighted by Crippen LogP contribution is -2.11. The molecule has 9 aromatic carbocycles. The van der Waals surface area contributed by atoms with E-state index < -0.39 is 0 Å². The van der Waals surface area contributed by atoms with E-state index in [4.69, 9.17) is 0 Å². The van der Waals surface area contributed by atoms with Crippen molar-refractivity contribution in [3.05, 3.63) is 235 Å². The molecule has 300 valence electrons. The molecular weight excluding hydrogens is 781 g/mol. The standard InChI is InChI=1S/C60H44N2S/c1-3-16-41(17-4-1)42-30-35-46(36-31-42)61(54-25-11-7-20-48(54)43-18-5-2-6-19-43)47-37-32-44(33-38-47)49-24-15-28-57(62-55-26-12-8-21-50(55)51-22-9-13-27-56(51)62)60(49)45-34-39-53-52-23-10-14-29-58(52)63-59(53)40-45/h1-9,11-13,15-22,24-40,52H,10,14,23H2. The lowest BCUT2D eigenvalue weighted by molar-refractivity contribution is 0.647. The van der Waals surface area contributed by atoms with Crippen molar-refractivity contribution in [1.82, 2.24) is 4.57 Å². The van der Waals surface area contributed by atoms with Crippen molar-refractivity contribution in [2.24, 2.45) is 0 Å². The molecule has 12 rings (SSSR count). The fraction of sp³-hybridized carbons (Fsp3) is 0.0667. The van der Waals surface area contributed by atoms with Gasteiger partial charge in [0.25, 0.3) is 0 Å². The first kappa shape index (κ1) is 37.4. The van der Waals surface area contributed by atoms with Crippen LogP contribution < -0.4 is 4.90 Å². The number of nitrogens with zero attached hydrogens (tertiary/aromatic N) is 2. The van der Waals surface area contributed by atoms with Gasteiger partial charge >= 0.3 is 0 Å². The van der Waals surface area contributed by atoms with Crippen LogP contribution in [0.3, 0.4) is 0 Å². The summed E-state index contributed by atoms with van der Waals surface area (Å²) in [6.45, 7) is 0. The maximum atomic E-state index is 2.49. The van der Waals surface area contributed by atoms with Crippen LogP contribution in [0.25, 0.3) is 72.0 Å². The Morgan fingerprint density at radius 3 is 1.73 bits per heavy atom. The predicted molar refractivity (Wildman–Crippen MR) is 268 cm³/mol. The summed E-state index contributed by atoms with van der Waals surface area (Å²) in [5.41, 5.74) is 18.1. The fourth-order valence-electron chi connectivity index (χ4n) is 10.1. The number of thioether (sulfide) groups is 1. The van der Waals surface area contributed by atoms with Crippen LogP contribution in [0.1, 0.15) is 30.7 Å². The molecule has 2 nitrogen and oxygen atoms in total. The van der Waals surface area contributed by atoms with Gasteiger partial charge in [-0.1, -0.05) is 182 Å². The van der Waals surface area contributed by atoms with Gasteiger partial charge in [0.1, 0.15) is 0 Å². The van der Waals surface area contributed by atoms with Gasteiger partial charge in [-0.3, -0.25) is 0 Å². The first-order valence-electron chi connectivity index (χ1n) is 22.1. The highest BCUT2D eigenvalue weighted by Gasteiger charge is 2.30. The number of benzene rings is 9. The largest absolute Gasteiger partial charge is 0.310 e. The van der Waals surface area contributed by atoms with Crippen LogP contribution in [-0.2, 0) is 0 Å². The van der Waals surface area contributed by atoms with Gasteiger partial charge in [-0.15, -0.1) is 0 Å². The number of rotatable bonds is 8. The van der Waals surface area contributed by atoms with E-state index >= 15 is 0 Å². The second-order valence-corrected chi connectivity index (χ2v) is 17.8. The van der Waals surface area contributed by atoms with Crippen LogP contribution >= 0.6 is 11.8 Å². The lowest BCUT2D eigenvalue weighted by atomic mass is 9.87. The Kier molecular flexibility index (Phi) is 9.42. The van der Waals surface area contributed by atoms with Gasteiger partial charge in [-0.05, 0) is 118 Å². The van der Waals surface area contributed by atoms with Crippen molar-refractivity contribution in [3.63, 3.8) is 0 Å². The molecule has 0 radical (unpaired) electrons. The molecule has 0 N–H and O–H groups in total. The molecule has 0 spiro atoms. The second-order valence-electron chi connectivity index (χ2n) is 16.7. The number of allylic oxidation sites excluding steroid dienone is 2. The van der Waals surface area contributed by atoms with E-state index in [1.807, 2.05) is 11.8 Å². The highest BCUT2D eigenvalue weighted by Crippen LogP contribution is 2.54. The van der Waals surface area contributed by atoms with Crippen molar-refractivity contribution in [1.29, 1.82) is 0 Å². The van der Waals surface area contributed by atoms with Crippen molar-refractivity contribution in [3.8, 4) is 50.2 Å². The van der Waals surface area contributed by atoms with Crippen LogP contribution in [0, 0.1) is 0 Å². The molecule has 0 amide bonds. The minimum Gasteiger partial charge on any atom is -0.310 e. The van der Waals surface area contributed by atoms with Crippen molar-refractivity contribution < 1.29 is 0 Å². The molecule has 0 saturated heterocycles. The maximum Gasteiger partial charge on any atom is 0.0546 e. The monoisotopic (exact) mass is 824 g/mol. The van der Waals surface area contributed by atoms with Gasteiger partial charge in [0, 0.05) is 44.1 Å². The number of hydrogen-bond acceptors (Lipinski definition) is 2. The minimum atomic E-state index is 0.539. The van der Waals surface area contributed by atoms with E-state index in [0.29, 0.717) is 5.92 Å². The third kappa shape index (κ3) is 6.59. The number of fused-ring (bicyclic) bond motifs is 6. The van der Waals surface area contributed by atoms with Crippen molar-refractivity contribution >= 4 is 50.6 Å². The maximum absolute atomic E-state index is 2.49. The molecule has 1 aromatic heterocycles. The summed E-state index contributed by atoms with van der Waals surface area (Å²) in [4.78, 5) is 5.34. The molecule has 63 heavy (non-hydrogen) atoms. The summed E-state index contributed by atoms with van der Waals surface area (Å²) in [6.07, 6.45) is 6.17. The Morgan fingerprint density at radius 1 is 0.460 bits per heavy atom. The summed E-state index contributed by atoms with van der Waals surface area (Å²) >= 11 is 1.99. The Labute approximate surface area is 373 Å². The first-order valence-corrected chi connectivity index (χ1v) is 22.9. The second kappa shape index (κ2) is 15.9. The summed E-state index contributed by atoms with van der Waals surface area (Å²) < 4.78 is 2.49. The van der Waals surface area contributed by atoms with E-state index in [9.17, 15) is 0 Å². The fourth-order valence-corrected chi connectivity index (χ4v) is 11.5. The highest BCUT2D eigenvalue weighted by atomic mass is 32.2. The molecule has 10 aromatic rings. The number of para-hydroxylation sites is 3. The molecule has 3 heteroatoms. The molecule has 2 aliphatic rings. The Hall–Kier alpha value is -7.33. The SMILES string of the molecule is C1=C2Sc3cc(-c4c(-c5ccc(N(c6ccc(-c7ccccc7)cc6)c6ccccc6-c6ccccc6)cc5)cccc4-n4c5ccccc5c5ccccc54)ccc3C2CCC1. The average Bonchev–Trinajstić information content (AvgIpc) is 3.90. The molecule has 1 atom stereocenters. The zero-order valence-corrected chi connectivity index (χ0v) is 35.7. The Bertz CT molecular complexity index is 3270. The molecule has 1 aliphatic heterocycles. The smallest absolute Gasteiger partial charge is 0.0546 e. The molecule has 1 unspecified atom stereocenters. The van der Waals surface area contributed by atoms with E-state index in [0.717, 1.165) is 17.1 Å². The molecular formula is C60H44N2S. The van der Waals surface area contributed by atoms with E-state index in [2.05, 4.69) is 234 Å². The van der Waals surface area contributed by atoms with E-state index in [-0.39, 0.29) is 0 Å². The summed E-state index contributed by atoms with van der Waals surface area (Å²) in [5, 5.41) is 2.53. The zero-order valence-electron chi connectivity index (χ0n) is 34.9. The van der Waals surface area contributed by atoms with E-state index in [1.165, 1.54) is 107 Å². The number of anilines is 3. The van der Waals surface area contributed by atoms with Gasteiger partial charge in [0.15, 0.2) is 0 Å². The minimum absolute atomic E-state index is 0.539. The number of hydrogen-bond donors (Lipinski definition) is 0. The van der Waals surface area contributed by atoms with Crippen LogP contribution in [0.5, 0.6) is 0 Å². The quantitative estimate of drug-likeness (QED) is 0.151. The molecule has 2 heterocycles. The van der Waals surface area contributed by atoms with Crippen LogP contribution in [0.2, 0.25) is 0 Å². The average molecular weight is 825 g/mol. The topological polar surface area (TPSA) is 8.17 Å². The van der Waals surface area contributed by atoms with E-state index in [1.54, 1.807) is 0 Å². The number of aromatic nitrogens is 1. The summed E-state index contributed by atoms with van der Waals surface area (Å²) in [5.74, 6) is 0.539. The molecule has 0 bridgehead atoms. The first-order chi connectivity index (χ1) is 31.3. The summed E-state index contributed by atoms with van der Waals surface area (Å²) in [7, 11) is 0. The van der Waals surface area contributed by atoms with Crippen LogP contribution in [0.4, 0.5) is 17.1 Å². The molecule has 0 saturated carbocycles. The van der Waals surface area contributed by atoms with Gasteiger partial charge in [0.05, 0.1) is 22.4 Å². The van der Waals surface area contributed by atoms with Crippen molar-refractivity contribution in [2.75, 3.05) is 4.90 Å². The van der Waals surface area contributed by atoms with Gasteiger partial charge in [-0.25, -0.2) is 0 Å². The van der Waals surface area contributed by atoms with Gasteiger partial charge in [0.2, 0.25) is 0 Å². The van der Waals surface area contributed by atoms with Gasteiger partial charge in [-0.2, -0.15) is 0 Å². The third-order valence-corrected chi connectivity index (χ3v) is 14.3. The van der Waals surface area contributed by atoms with Gasteiger partial charge < -0.3 is 9.47 Å². The highest BCUT2D eigenvalue weighted by molar-refractivity contribution is 8.03. The summed E-state index contributed by atoms with van der Waals surface area (Å²) in [6, 6.07) is 80.2. The van der Waals surface area contributed by atoms with Crippen LogP contribution in [0.15, 0.2) is 234 Å². The zero-order chi connectivity index (χ0) is 41.7. The Morgan fingerprint density at radius 2 is 1.02 bits per heavy atom. The predicted octanol–water partition coefficient (Wildman–Crippen LogP) is 17.2.